The van der Waals surface area contributed by atoms with E-state index in [0.29, 0.717) is 30.5 Å². The molecule has 0 aliphatic carbocycles. The molecule has 0 radical (unpaired) electrons. The number of nitrogens with zero attached hydrogens (tertiary/aromatic N) is 2. The molecule has 7 nitrogen and oxygen atoms in total. The van der Waals surface area contributed by atoms with Crippen LogP contribution in [0.2, 0.25) is 0 Å². The lowest BCUT2D eigenvalue weighted by Gasteiger charge is -2.36. The van der Waals surface area contributed by atoms with Crippen molar-refractivity contribution in [1.82, 2.24) is 10.3 Å². The van der Waals surface area contributed by atoms with Gasteiger partial charge in [0.1, 0.15) is 5.75 Å². The smallest absolute Gasteiger partial charge is 0.224 e. The van der Waals surface area contributed by atoms with E-state index in [-0.39, 0.29) is 24.7 Å². The monoisotopic (exact) mass is 499 g/mol. The van der Waals surface area contributed by atoms with E-state index < -0.39 is 11.1 Å². The molecule has 1 aliphatic heterocycles. The summed E-state index contributed by atoms with van der Waals surface area (Å²) >= 11 is 0. The van der Waals surface area contributed by atoms with Gasteiger partial charge in [-0.3, -0.25) is 14.8 Å². The number of aliphatic imine (C=N–C) groups is 1. The third-order valence-corrected chi connectivity index (χ3v) is 6.90. The van der Waals surface area contributed by atoms with Crippen molar-refractivity contribution in [2.75, 3.05) is 0 Å². The molecule has 2 atom stereocenters. The first kappa shape index (κ1) is 26.3. The molecule has 1 aliphatic rings. The lowest BCUT2D eigenvalue weighted by Crippen LogP contribution is -2.38. The minimum absolute atomic E-state index is 0.0109. The van der Waals surface area contributed by atoms with Gasteiger partial charge in [-0.05, 0) is 53.5 Å². The number of rotatable bonds is 11. The highest BCUT2D eigenvalue weighted by Gasteiger charge is 2.40. The molecule has 0 fully saturated rings. The van der Waals surface area contributed by atoms with Crippen LogP contribution in [-0.2, 0) is 36.4 Å². The molecule has 192 valence electrons. The second-order valence-corrected chi connectivity index (χ2v) is 9.57. The van der Waals surface area contributed by atoms with Crippen LogP contribution in [0.1, 0.15) is 47.7 Å². The molecule has 0 spiro atoms. The molecule has 3 aromatic rings. The predicted octanol–water partition coefficient (Wildman–Crippen LogP) is 3.75. The standard InChI is InChI=1S/C30H33N3O4/c1-2-29(13-5-15-33-29)21-30(37,25-11-12-27(35)24(17-25)20-34)18-23-9-7-22(8-10-23)16-28(36)32-19-26-6-3-4-14-31-26/h3-15,17,34-35,37H,2,16,18-21H2,1H3,(H,32,36). The van der Waals surface area contributed by atoms with Crippen molar-refractivity contribution in [2.24, 2.45) is 4.99 Å². The second-order valence-electron chi connectivity index (χ2n) is 9.57. The number of aromatic nitrogens is 1. The van der Waals surface area contributed by atoms with E-state index in [0.717, 1.165) is 23.2 Å². The van der Waals surface area contributed by atoms with E-state index in [4.69, 9.17) is 0 Å². The number of benzene rings is 2. The maximum absolute atomic E-state index is 12.4. The lowest BCUT2D eigenvalue weighted by molar-refractivity contribution is -0.120. The number of aliphatic hydroxyl groups is 2. The van der Waals surface area contributed by atoms with E-state index in [2.05, 4.69) is 15.3 Å². The summed E-state index contributed by atoms with van der Waals surface area (Å²) in [7, 11) is 0. The third-order valence-electron chi connectivity index (χ3n) is 6.90. The van der Waals surface area contributed by atoms with Crippen LogP contribution in [0.15, 0.2) is 84.0 Å². The third kappa shape index (κ3) is 6.50. The van der Waals surface area contributed by atoms with E-state index in [1.54, 1.807) is 24.5 Å². The van der Waals surface area contributed by atoms with Crippen molar-refractivity contribution in [1.29, 1.82) is 0 Å². The zero-order valence-corrected chi connectivity index (χ0v) is 21.0. The Labute approximate surface area is 217 Å². The summed E-state index contributed by atoms with van der Waals surface area (Å²) in [6, 6.07) is 18.1. The second kappa shape index (κ2) is 11.5. The number of nitrogens with one attached hydrogen (secondary N) is 1. The van der Waals surface area contributed by atoms with Gasteiger partial charge in [0.25, 0.3) is 0 Å². The summed E-state index contributed by atoms with van der Waals surface area (Å²) < 4.78 is 0. The summed E-state index contributed by atoms with van der Waals surface area (Å²) in [5, 5.41) is 34.7. The van der Waals surface area contributed by atoms with E-state index >= 15 is 0 Å². The summed E-state index contributed by atoms with van der Waals surface area (Å²) in [6.07, 6.45) is 8.98. The predicted molar refractivity (Wildman–Crippen MR) is 143 cm³/mol. The van der Waals surface area contributed by atoms with Gasteiger partial charge >= 0.3 is 0 Å². The zero-order chi connectivity index (χ0) is 26.3. The van der Waals surface area contributed by atoms with Crippen molar-refractivity contribution in [3.8, 4) is 5.75 Å². The summed E-state index contributed by atoms with van der Waals surface area (Å²) in [5.41, 5.74) is 1.70. The minimum atomic E-state index is -1.30. The van der Waals surface area contributed by atoms with Gasteiger partial charge in [0.05, 0.1) is 36.4 Å². The molecular formula is C30H33N3O4. The van der Waals surface area contributed by atoms with Crippen molar-refractivity contribution in [2.45, 2.75) is 56.9 Å². The van der Waals surface area contributed by atoms with Crippen LogP contribution in [0.3, 0.4) is 0 Å². The van der Waals surface area contributed by atoms with Crippen molar-refractivity contribution in [3.05, 3.63) is 107 Å². The highest BCUT2D eigenvalue weighted by molar-refractivity contribution is 5.78. The first-order chi connectivity index (χ1) is 17.8. The molecular weight excluding hydrogens is 466 g/mol. The Morgan fingerprint density at radius 3 is 2.51 bits per heavy atom. The van der Waals surface area contributed by atoms with Gasteiger partial charge in [-0.1, -0.05) is 49.4 Å². The number of hydrogen-bond acceptors (Lipinski definition) is 6. The van der Waals surface area contributed by atoms with E-state index in [1.807, 2.05) is 61.5 Å². The first-order valence-electron chi connectivity index (χ1n) is 12.5. The molecule has 0 saturated heterocycles. The number of allylic oxidation sites excluding steroid dienone is 1. The van der Waals surface area contributed by atoms with E-state index in [9.17, 15) is 20.1 Å². The van der Waals surface area contributed by atoms with Crippen LogP contribution in [0.25, 0.3) is 0 Å². The largest absolute Gasteiger partial charge is 0.508 e. The Kier molecular flexibility index (Phi) is 8.16. The van der Waals surface area contributed by atoms with Gasteiger partial charge in [-0.15, -0.1) is 0 Å². The summed E-state index contributed by atoms with van der Waals surface area (Å²) in [6.45, 7) is 2.09. The maximum Gasteiger partial charge on any atom is 0.224 e. The highest BCUT2D eigenvalue weighted by Crippen LogP contribution is 2.40. The number of hydrogen-bond donors (Lipinski definition) is 4. The SMILES string of the molecule is CCC1(CC(O)(Cc2ccc(CC(=O)NCc3ccccn3)cc2)c2ccc(O)c(CO)c2)C=CC=N1. The average Bonchev–Trinajstić information content (AvgIpc) is 3.38. The highest BCUT2D eigenvalue weighted by atomic mass is 16.3. The van der Waals surface area contributed by atoms with Crippen LogP contribution in [0, 0.1) is 0 Å². The normalized spacial score (nSPS) is 18.0. The summed E-state index contributed by atoms with van der Waals surface area (Å²) in [5.74, 6) is -0.102. The zero-order valence-electron chi connectivity index (χ0n) is 21.0. The number of amides is 1. The average molecular weight is 500 g/mol. The van der Waals surface area contributed by atoms with E-state index in [1.165, 1.54) is 6.07 Å². The van der Waals surface area contributed by atoms with Gasteiger partial charge in [-0.25, -0.2) is 0 Å². The minimum Gasteiger partial charge on any atom is -0.508 e. The Balaban J connectivity index is 1.50. The quantitative estimate of drug-likeness (QED) is 0.321. The molecule has 7 heteroatoms. The van der Waals surface area contributed by atoms with Crippen LogP contribution in [0.4, 0.5) is 0 Å². The number of aliphatic hydroxyl groups excluding tert-OH is 1. The molecule has 4 N–H and O–H groups in total. The van der Waals surface area contributed by atoms with Crippen LogP contribution in [0.5, 0.6) is 5.75 Å². The van der Waals surface area contributed by atoms with Gasteiger partial charge in [0.2, 0.25) is 5.91 Å². The van der Waals surface area contributed by atoms with Crippen LogP contribution >= 0.6 is 0 Å². The van der Waals surface area contributed by atoms with Gasteiger partial charge < -0.3 is 20.6 Å². The molecule has 2 aromatic carbocycles. The molecule has 37 heavy (non-hydrogen) atoms. The van der Waals surface area contributed by atoms with Crippen LogP contribution in [-0.4, -0.2) is 38.0 Å². The molecule has 2 unspecified atom stereocenters. The van der Waals surface area contributed by atoms with Crippen LogP contribution < -0.4 is 5.32 Å². The Hall–Kier alpha value is -3.81. The van der Waals surface area contributed by atoms with Crippen molar-refractivity contribution >= 4 is 12.1 Å². The number of carbonyl (C=O) groups excluding carboxylic acids is 1. The van der Waals surface area contributed by atoms with Gasteiger partial charge in [-0.2, -0.15) is 0 Å². The summed E-state index contributed by atoms with van der Waals surface area (Å²) in [4.78, 5) is 21.2. The topological polar surface area (TPSA) is 115 Å². The van der Waals surface area contributed by atoms with Crippen molar-refractivity contribution in [3.63, 3.8) is 0 Å². The lowest BCUT2D eigenvalue weighted by atomic mass is 9.75. The Morgan fingerprint density at radius 2 is 1.86 bits per heavy atom. The maximum atomic E-state index is 12.4. The first-order valence-corrected chi connectivity index (χ1v) is 12.5. The van der Waals surface area contributed by atoms with Gasteiger partial charge in [0.15, 0.2) is 0 Å². The Bertz CT molecular complexity index is 1260. The fraction of sp³-hybridized carbons (Fsp3) is 0.300. The molecule has 0 saturated carbocycles. The fourth-order valence-electron chi connectivity index (χ4n) is 4.72. The number of phenols is 1. The molecule has 1 amide bonds. The number of aromatic hydroxyl groups is 1. The van der Waals surface area contributed by atoms with Crippen molar-refractivity contribution < 1.29 is 20.1 Å². The molecule has 0 bridgehead atoms. The number of pyridine rings is 1. The fourth-order valence-corrected chi connectivity index (χ4v) is 4.72. The molecule has 4 rings (SSSR count). The number of carbonyl (C=O) groups is 1. The van der Waals surface area contributed by atoms with Gasteiger partial charge in [0, 0.05) is 30.8 Å². The molecule has 1 aromatic heterocycles. The Morgan fingerprint density at radius 1 is 1.08 bits per heavy atom. The molecule has 2 heterocycles.